The van der Waals surface area contributed by atoms with Gasteiger partial charge in [0.25, 0.3) is 0 Å². The van der Waals surface area contributed by atoms with Crippen LogP contribution in [0.3, 0.4) is 0 Å². The molecule has 0 spiro atoms. The SMILES string of the molecule is CN=C(NCC(C)N1CCOCC1C)NCC(C)(C)N1CCOCC1.I. The summed E-state index contributed by atoms with van der Waals surface area (Å²) in [6.07, 6.45) is 0. The second kappa shape index (κ2) is 11.6. The molecule has 0 aromatic heterocycles. The van der Waals surface area contributed by atoms with Crippen LogP contribution in [0.4, 0.5) is 0 Å². The van der Waals surface area contributed by atoms with E-state index in [1.165, 1.54) is 0 Å². The third-order valence-corrected chi connectivity index (χ3v) is 5.33. The number of halogens is 1. The molecule has 2 fully saturated rings. The van der Waals surface area contributed by atoms with Crippen LogP contribution >= 0.6 is 24.0 Å². The van der Waals surface area contributed by atoms with Gasteiger partial charge in [0.15, 0.2) is 5.96 Å². The van der Waals surface area contributed by atoms with Crippen molar-refractivity contribution in [2.75, 3.05) is 66.2 Å². The molecule has 2 aliphatic rings. The van der Waals surface area contributed by atoms with Crippen molar-refractivity contribution in [2.24, 2.45) is 4.99 Å². The molecule has 2 unspecified atom stereocenters. The molecule has 2 rings (SSSR count). The topological polar surface area (TPSA) is 61.4 Å². The summed E-state index contributed by atoms with van der Waals surface area (Å²) in [5.41, 5.74) is 0.0751. The first-order chi connectivity index (χ1) is 11.9. The van der Waals surface area contributed by atoms with E-state index in [1.807, 2.05) is 7.05 Å². The number of hydrogen-bond acceptors (Lipinski definition) is 5. The highest BCUT2D eigenvalue weighted by atomic mass is 127. The molecule has 0 aromatic rings. The number of nitrogens with zero attached hydrogens (tertiary/aromatic N) is 3. The minimum Gasteiger partial charge on any atom is -0.379 e. The van der Waals surface area contributed by atoms with Crippen LogP contribution in [0.5, 0.6) is 0 Å². The lowest BCUT2D eigenvalue weighted by Gasteiger charge is -2.41. The van der Waals surface area contributed by atoms with Crippen LogP contribution in [0.1, 0.15) is 27.7 Å². The van der Waals surface area contributed by atoms with Gasteiger partial charge in [-0.3, -0.25) is 14.8 Å². The first-order valence-corrected chi connectivity index (χ1v) is 9.55. The van der Waals surface area contributed by atoms with E-state index in [4.69, 9.17) is 9.47 Å². The van der Waals surface area contributed by atoms with Crippen molar-refractivity contribution >= 4 is 29.9 Å². The average Bonchev–Trinajstić information content (AvgIpc) is 2.62. The Labute approximate surface area is 176 Å². The molecular formula is C18H38IN5O2. The van der Waals surface area contributed by atoms with Crippen LogP contribution in [0.15, 0.2) is 4.99 Å². The van der Waals surface area contributed by atoms with E-state index in [1.54, 1.807) is 0 Å². The zero-order valence-corrected chi connectivity index (χ0v) is 19.4. The van der Waals surface area contributed by atoms with Gasteiger partial charge in [0, 0.05) is 57.4 Å². The van der Waals surface area contributed by atoms with Crippen LogP contribution in [-0.4, -0.2) is 99.6 Å². The molecule has 0 aromatic carbocycles. The van der Waals surface area contributed by atoms with E-state index in [-0.39, 0.29) is 29.5 Å². The molecule has 0 saturated carbocycles. The van der Waals surface area contributed by atoms with E-state index < -0.39 is 0 Å². The van der Waals surface area contributed by atoms with Crippen LogP contribution < -0.4 is 10.6 Å². The quantitative estimate of drug-likeness (QED) is 0.334. The lowest BCUT2D eigenvalue weighted by molar-refractivity contribution is -0.0174. The molecule has 0 bridgehead atoms. The molecule has 2 aliphatic heterocycles. The zero-order valence-electron chi connectivity index (χ0n) is 17.1. The fourth-order valence-electron chi connectivity index (χ4n) is 3.56. The van der Waals surface area contributed by atoms with Gasteiger partial charge in [-0.2, -0.15) is 0 Å². The fraction of sp³-hybridized carbons (Fsp3) is 0.944. The van der Waals surface area contributed by atoms with Gasteiger partial charge in [-0.25, -0.2) is 0 Å². The second-order valence-electron chi connectivity index (χ2n) is 7.73. The lowest BCUT2D eigenvalue weighted by atomic mass is 10.0. The molecule has 2 N–H and O–H groups in total. The van der Waals surface area contributed by atoms with Crippen molar-refractivity contribution in [1.29, 1.82) is 0 Å². The number of guanidine groups is 1. The van der Waals surface area contributed by atoms with E-state index in [9.17, 15) is 0 Å². The minimum atomic E-state index is 0. The molecular weight excluding hydrogens is 445 g/mol. The van der Waals surface area contributed by atoms with Crippen LogP contribution in [-0.2, 0) is 9.47 Å². The Kier molecular flexibility index (Phi) is 10.7. The van der Waals surface area contributed by atoms with E-state index in [0.717, 1.165) is 65.1 Å². The van der Waals surface area contributed by atoms with Crippen LogP contribution in [0.2, 0.25) is 0 Å². The normalized spacial score (nSPS) is 24.7. The molecule has 2 heterocycles. The second-order valence-corrected chi connectivity index (χ2v) is 7.73. The Balaban J connectivity index is 0.00000338. The van der Waals surface area contributed by atoms with Crippen molar-refractivity contribution in [1.82, 2.24) is 20.4 Å². The van der Waals surface area contributed by atoms with E-state index in [2.05, 4.69) is 53.1 Å². The smallest absolute Gasteiger partial charge is 0.191 e. The van der Waals surface area contributed by atoms with E-state index >= 15 is 0 Å². The number of hydrogen-bond donors (Lipinski definition) is 2. The van der Waals surface area contributed by atoms with Crippen molar-refractivity contribution < 1.29 is 9.47 Å². The third kappa shape index (κ3) is 7.10. The van der Waals surface area contributed by atoms with Crippen molar-refractivity contribution in [2.45, 2.75) is 45.3 Å². The standard InChI is InChI=1S/C18H37N5O2.HI/c1-15(23-8-11-25-13-16(23)2)12-20-17(19-5)21-14-18(3,4)22-6-9-24-10-7-22;/h15-16H,6-14H2,1-5H3,(H2,19,20,21);1H. The van der Waals surface area contributed by atoms with Gasteiger partial charge in [-0.05, 0) is 27.7 Å². The van der Waals surface area contributed by atoms with Gasteiger partial charge in [0.05, 0.1) is 26.4 Å². The van der Waals surface area contributed by atoms with Gasteiger partial charge in [0.2, 0.25) is 0 Å². The molecule has 0 aliphatic carbocycles. The van der Waals surface area contributed by atoms with Gasteiger partial charge in [0.1, 0.15) is 0 Å². The first kappa shape index (κ1) is 23.9. The molecule has 154 valence electrons. The monoisotopic (exact) mass is 483 g/mol. The Morgan fingerprint density at radius 2 is 1.81 bits per heavy atom. The Hall–Kier alpha value is -0.160. The molecule has 2 saturated heterocycles. The number of ether oxygens (including phenoxy) is 2. The lowest BCUT2D eigenvalue weighted by Crippen LogP contribution is -2.57. The van der Waals surface area contributed by atoms with Gasteiger partial charge < -0.3 is 20.1 Å². The summed E-state index contributed by atoms with van der Waals surface area (Å²) in [4.78, 5) is 9.36. The predicted molar refractivity (Wildman–Crippen MR) is 118 cm³/mol. The zero-order chi connectivity index (χ0) is 18.3. The van der Waals surface area contributed by atoms with Gasteiger partial charge in [-0.1, -0.05) is 0 Å². The summed E-state index contributed by atoms with van der Waals surface area (Å²) in [5.74, 6) is 0.870. The number of nitrogens with one attached hydrogen (secondary N) is 2. The van der Waals surface area contributed by atoms with Crippen LogP contribution in [0.25, 0.3) is 0 Å². The maximum atomic E-state index is 5.53. The first-order valence-electron chi connectivity index (χ1n) is 9.55. The summed E-state index contributed by atoms with van der Waals surface area (Å²) in [5, 5.41) is 6.97. The molecule has 7 nitrogen and oxygen atoms in total. The highest BCUT2D eigenvalue weighted by molar-refractivity contribution is 14.0. The third-order valence-electron chi connectivity index (χ3n) is 5.33. The largest absolute Gasteiger partial charge is 0.379 e. The summed E-state index contributed by atoms with van der Waals surface area (Å²) < 4.78 is 11.0. The highest BCUT2D eigenvalue weighted by Gasteiger charge is 2.28. The highest BCUT2D eigenvalue weighted by Crippen LogP contribution is 2.15. The van der Waals surface area contributed by atoms with Crippen LogP contribution in [0, 0.1) is 0 Å². The minimum absolute atomic E-state index is 0. The maximum absolute atomic E-state index is 5.53. The van der Waals surface area contributed by atoms with E-state index in [0.29, 0.717) is 12.1 Å². The number of morpholine rings is 2. The maximum Gasteiger partial charge on any atom is 0.191 e. The van der Waals surface area contributed by atoms with Gasteiger partial charge in [-0.15, -0.1) is 24.0 Å². The number of rotatable bonds is 6. The van der Waals surface area contributed by atoms with Crippen molar-refractivity contribution in [3.8, 4) is 0 Å². The molecule has 2 atom stereocenters. The predicted octanol–water partition coefficient (Wildman–Crippen LogP) is 0.989. The van der Waals surface area contributed by atoms with Crippen molar-refractivity contribution in [3.63, 3.8) is 0 Å². The average molecular weight is 483 g/mol. The Morgan fingerprint density at radius 3 is 2.42 bits per heavy atom. The molecule has 0 amide bonds. The summed E-state index contributed by atoms with van der Waals surface area (Å²) in [6, 6.07) is 0.922. The number of aliphatic imine (C=N–C) groups is 1. The molecule has 8 heteroatoms. The summed E-state index contributed by atoms with van der Waals surface area (Å²) in [7, 11) is 1.83. The fourth-order valence-corrected chi connectivity index (χ4v) is 3.56. The summed E-state index contributed by atoms with van der Waals surface area (Å²) >= 11 is 0. The summed E-state index contributed by atoms with van der Waals surface area (Å²) in [6.45, 7) is 17.1. The Bertz CT molecular complexity index is 430. The van der Waals surface area contributed by atoms with Crippen molar-refractivity contribution in [3.05, 3.63) is 0 Å². The Morgan fingerprint density at radius 1 is 1.15 bits per heavy atom. The molecule has 26 heavy (non-hydrogen) atoms. The molecule has 0 radical (unpaired) electrons. The van der Waals surface area contributed by atoms with Gasteiger partial charge >= 0.3 is 0 Å².